The van der Waals surface area contributed by atoms with Gasteiger partial charge in [0.25, 0.3) is 0 Å². The quantitative estimate of drug-likeness (QED) is 0.682. The van der Waals surface area contributed by atoms with Crippen molar-refractivity contribution in [1.29, 1.82) is 0 Å². The third-order valence-electron chi connectivity index (χ3n) is 3.23. The van der Waals surface area contributed by atoms with Crippen LogP contribution in [0.15, 0.2) is 24.3 Å². The molecule has 1 nitrogen and oxygen atoms in total. The van der Waals surface area contributed by atoms with E-state index in [1.807, 2.05) is 11.8 Å². The highest BCUT2D eigenvalue weighted by Gasteiger charge is 2.12. The second kappa shape index (κ2) is 9.46. The molecule has 1 aromatic carbocycles. The van der Waals surface area contributed by atoms with Crippen LogP contribution < -0.4 is 5.32 Å². The van der Waals surface area contributed by atoms with E-state index in [1.165, 1.54) is 24.0 Å². The van der Waals surface area contributed by atoms with Gasteiger partial charge < -0.3 is 5.32 Å². The Morgan fingerprint density at radius 3 is 2.50 bits per heavy atom. The Bertz CT molecular complexity index is 373. The summed E-state index contributed by atoms with van der Waals surface area (Å²) in [7, 11) is 0. The molecule has 0 saturated carbocycles. The summed E-state index contributed by atoms with van der Waals surface area (Å²) >= 11 is 2.04. The van der Waals surface area contributed by atoms with Crippen molar-refractivity contribution in [3.63, 3.8) is 0 Å². The van der Waals surface area contributed by atoms with Gasteiger partial charge in [0, 0.05) is 11.8 Å². The minimum absolute atomic E-state index is 0.481. The van der Waals surface area contributed by atoms with E-state index in [0.29, 0.717) is 11.3 Å². The molecule has 0 aliphatic rings. The number of hydrogen-bond acceptors (Lipinski definition) is 2. The molecule has 20 heavy (non-hydrogen) atoms. The summed E-state index contributed by atoms with van der Waals surface area (Å²) < 4.78 is 0. The minimum Gasteiger partial charge on any atom is -0.309 e. The third-order valence-corrected chi connectivity index (χ3v) is 4.43. The van der Waals surface area contributed by atoms with Gasteiger partial charge in [-0.25, -0.2) is 0 Å². The Morgan fingerprint density at radius 1 is 1.15 bits per heavy atom. The molecule has 1 N–H and O–H groups in total. The number of hydrogen-bond donors (Lipinski definition) is 1. The Hall–Kier alpha value is -0.470. The van der Waals surface area contributed by atoms with E-state index in [9.17, 15) is 0 Å². The minimum atomic E-state index is 0.481. The van der Waals surface area contributed by atoms with Gasteiger partial charge in [0.15, 0.2) is 0 Å². The van der Waals surface area contributed by atoms with Gasteiger partial charge in [0.05, 0.1) is 0 Å². The first kappa shape index (κ1) is 17.6. The van der Waals surface area contributed by atoms with E-state index in [4.69, 9.17) is 0 Å². The second-order valence-corrected chi connectivity index (χ2v) is 7.84. The smallest absolute Gasteiger partial charge is 0.0412 e. The molecule has 0 bridgehead atoms. The van der Waals surface area contributed by atoms with Gasteiger partial charge in [0.1, 0.15) is 0 Å². The molecule has 2 heteroatoms. The molecule has 0 aromatic heterocycles. The van der Waals surface area contributed by atoms with Crippen LogP contribution in [-0.4, -0.2) is 17.5 Å². The molecule has 1 aromatic rings. The molecule has 1 atom stereocenters. The average molecular weight is 294 g/mol. The average Bonchev–Trinajstić information content (AvgIpc) is 2.38. The van der Waals surface area contributed by atoms with Gasteiger partial charge in [0.2, 0.25) is 0 Å². The lowest BCUT2D eigenvalue weighted by molar-refractivity contribution is 0.575. The van der Waals surface area contributed by atoms with Gasteiger partial charge in [-0.05, 0) is 41.7 Å². The monoisotopic (exact) mass is 293 g/mol. The maximum absolute atomic E-state index is 3.70. The molecule has 0 aliphatic carbocycles. The Balaban J connectivity index is 2.77. The maximum atomic E-state index is 3.70. The molecule has 0 amide bonds. The van der Waals surface area contributed by atoms with Gasteiger partial charge in [-0.2, -0.15) is 11.8 Å². The molecule has 0 spiro atoms. The molecule has 0 fully saturated rings. The highest BCUT2D eigenvalue weighted by molar-refractivity contribution is 7.99. The van der Waals surface area contributed by atoms with E-state index in [2.05, 4.69) is 64.2 Å². The summed E-state index contributed by atoms with van der Waals surface area (Å²) in [6.45, 7) is 12.4. The summed E-state index contributed by atoms with van der Waals surface area (Å²) in [5, 5.41) is 4.40. The van der Waals surface area contributed by atoms with Gasteiger partial charge in [-0.3, -0.25) is 0 Å². The zero-order valence-electron chi connectivity index (χ0n) is 13.8. The summed E-state index contributed by atoms with van der Waals surface area (Å²) in [4.78, 5) is 0. The molecule has 1 unspecified atom stereocenters. The largest absolute Gasteiger partial charge is 0.309 e. The van der Waals surface area contributed by atoms with E-state index in [-0.39, 0.29) is 0 Å². The maximum Gasteiger partial charge on any atom is 0.0412 e. The lowest BCUT2D eigenvalue weighted by atomic mass is 9.98. The molecule has 0 heterocycles. The molecular formula is C18H31NS. The zero-order valence-corrected chi connectivity index (χ0v) is 14.6. The Labute approximate surface area is 129 Å². The standard InChI is InChI=1S/C18H31NS/c1-6-10-19-18(13-20-15(4)5)17-9-7-8-16(12-17)11-14(2)3/h7-9,12,14-15,18-19H,6,10-11,13H2,1-5H3. The Kier molecular flexibility index (Phi) is 8.32. The van der Waals surface area contributed by atoms with Gasteiger partial charge in [-0.1, -0.05) is 58.9 Å². The van der Waals surface area contributed by atoms with Crippen molar-refractivity contribution < 1.29 is 0 Å². The fourth-order valence-electron chi connectivity index (χ4n) is 2.29. The van der Waals surface area contributed by atoms with Crippen molar-refractivity contribution in [3.05, 3.63) is 35.4 Å². The summed E-state index contributed by atoms with van der Waals surface area (Å²) in [5.74, 6) is 1.88. The fourth-order valence-corrected chi connectivity index (χ4v) is 3.18. The highest BCUT2D eigenvalue weighted by Crippen LogP contribution is 2.23. The van der Waals surface area contributed by atoms with Crippen LogP contribution in [0.3, 0.4) is 0 Å². The topological polar surface area (TPSA) is 12.0 Å². The molecule has 0 saturated heterocycles. The second-order valence-electron chi connectivity index (χ2n) is 6.23. The van der Waals surface area contributed by atoms with Crippen LogP contribution in [0.2, 0.25) is 0 Å². The lowest BCUT2D eigenvalue weighted by Crippen LogP contribution is -2.24. The first-order valence-electron chi connectivity index (χ1n) is 7.96. The molecular weight excluding hydrogens is 262 g/mol. The van der Waals surface area contributed by atoms with Crippen LogP contribution in [0, 0.1) is 5.92 Å². The molecule has 0 aliphatic heterocycles. The van der Waals surface area contributed by atoms with Crippen LogP contribution in [0.4, 0.5) is 0 Å². The fraction of sp³-hybridized carbons (Fsp3) is 0.667. The normalized spacial score (nSPS) is 13.2. The zero-order chi connectivity index (χ0) is 15.0. The van der Waals surface area contributed by atoms with E-state index < -0.39 is 0 Å². The Morgan fingerprint density at radius 2 is 1.90 bits per heavy atom. The molecule has 0 radical (unpaired) electrons. The van der Waals surface area contributed by atoms with Crippen molar-refractivity contribution in [3.8, 4) is 0 Å². The van der Waals surface area contributed by atoms with Crippen molar-refractivity contribution >= 4 is 11.8 Å². The molecule has 1 rings (SSSR count). The summed E-state index contributed by atoms with van der Waals surface area (Å²) in [6.07, 6.45) is 2.36. The van der Waals surface area contributed by atoms with Gasteiger partial charge in [-0.15, -0.1) is 0 Å². The molecule has 114 valence electrons. The van der Waals surface area contributed by atoms with Crippen molar-refractivity contribution in [2.45, 2.75) is 58.8 Å². The van der Waals surface area contributed by atoms with Crippen LogP contribution >= 0.6 is 11.8 Å². The number of benzene rings is 1. The summed E-state index contributed by atoms with van der Waals surface area (Å²) in [5.41, 5.74) is 2.92. The van der Waals surface area contributed by atoms with Crippen LogP contribution in [-0.2, 0) is 6.42 Å². The van der Waals surface area contributed by atoms with Crippen molar-refractivity contribution in [2.75, 3.05) is 12.3 Å². The summed E-state index contributed by atoms with van der Waals surface area (Å²) in [6, 6.07) is 9.63. The van der Waals surface area contributed by atoms with E-state index >= 15 is 0 Å². The lowest BCUT2D eigenvalue weighted by Gasteiger charge is -2.21. The first-order valence-corrected chi connectivity index (χ1v) is 9.01. The van der Waals surface area contributed by atoms with Gasteiger partial charge >= 0.3 is 0 Å². The van der Waals surface area contributed by atoms with Crippen LogP contribution in [0.5, 0.6) is 0 Å². The number of thioether (sulfide) groups is 1. The predicted octanol–water partition coefficient (Wildman–Crippen LogP) is 5.07. The van der Waals surface area contributed by atoms with E-state index in [1.54, 1.807) is 0 Å². The van der Waals surface area contributed by atoms with Crippen LogP contribution in [0.25, 0.3) is 0 Å². The van der Waals surface area contributed by atoms with E-state index in [0.717, 1.165) is 18.2 Å². The number of nitrogens with one attached hydrogen (secondary N) is 1. The van der Waals surface area contributed by atoms with Crippen molar-refractivity contribution in [2.24, 2.45) is 5.92 Å². The first-order chi connectivity index (χ1) is 9.52. The van der Waals surface area contributed by atoms with Crippen molar-refractivity contribution in [1.82, 2.24) is 5.32 Å². The number of rotatable bonds is 9. The SMILES string of the molecule is CCCNC(CSC(C)C)c1cccc(CC(C)C)c1. The van der Waals surface area contributed by atoms with Crippen LogP contribution in [0.1, 0.15) is 58.2 Å². The third kappa shape index (κ3) is 6.81. The highest BCUT2D eigenvalue weighted by atomic mass is 32.2. The predicted molar refractivity (Wildman–Crippen MR) is 93.6 cm³/mol.